The van der Waals surface area contributed by atoms with Gasteiger partial charge < -0.3 is 14.9 Å². The average molecular weight is 231 g/mol. The van der Waals surface area contributed by atoms with Crippen molar-refractivity contribution in [1.82, 2.24) is 4.90 Å². The third-order valence-electron chi connectivity index (χ3n) is 3.14. The van der Waals surface area contributed by atoms with E-state index in [1.165, 1.54) is 0 Å². The van der Waals surface area contributed by atoms with Gasteiger partial charge in [0.05, 0.1) is 18.3 Å². The third-order valence-corrected chi connectivity index (χ3v) is 3.14. The second-order valence-corrected chi connectivity index (χ2v) is 5.12. The Hall–Kier alpha value is -0.160. The first-order valence-corrected chi connectivity index (χ1v) is 6.17. The Labute approximate surface area is 98.2 Å². The molecule has 1 aliphatic heterocycles. The van der Waals surface area contributed by atoms with Crippen LogP contribution in [0.3, 0.4) is 0 Å². The van der Waals surface area contributed by atoms with Crippen LogP contribution in [0.15, 0.2) is 0 Å². The number of ether oxygens (including phenoxy) is 1. The van der Waals surface area contributed by atoms with E-state index in [0.29, 0.717) is 19.8 Å². The lowest BCUT2D eigenvalue weighted by atomic mass is 9.96. The number of rotatable bonds is 6. The summed E-state index contributed by atoms with van der Waals surface area (Å²) in [5.74, 6) is 0. The summed E-state index contributed by atoms with van der Waals surface area (Å²) < 4.78 is 5.19. The molecule has 0 spiro atoms. The first kappa shape index (κ1) is 13.9. The van der Waals surface area contributed by atoms with Crippen LogP contribution in [0.4, 0.5) is 0 Å². The Bertz CT molecular complexity index is 203. The summed E-state index contributed by atoms with van der Waals surface area (Å²) in [7, 11) is 0. The van der Waals surface area contributed by atoms with Gasteiger partial charge in [-0.2, -0.15) is 0 Å². The molecule has 0 radical (unpaired) electrons. The molecule has 0 bridgehead atoms. The molecule has 0 amide bonds. The van der Waals surface area contributed by atoms with Crippen LogP contribution in [-0.4, -0.2) is 59.2 Å². The van der Waals surface area contributed by atoms with E-state index in [9.17, 15) is 10.2 Å². The molecule has 4 nitrogen and oxygen atoms in total. The van der Waals surface area contributed by atoms with E-state index < -0.39 is 11.7 Å². The number of nitrogens with zero attached hydrogens (tertiary/aromatic N) is 1. The Morgan fingerprint density at radius 2 is 2.19 bits per heavy atom. The number of hydrogen-bond donors (Lipinski definition) is 2. The van der Waals surface area contributed by atoms with Crippen molar-refractivity contribution in [3.8, 4) is 0 Å². The first-order valence-electron chi connectivity index (χ1n) is 6.17. The summed E-state index contributed by atoms with van der Waals surface area (Å²) in [6, 6.07) is 0.156. The van der Waals surface area contributed by atoms with E-state index in [4.69, 9.17) is 4.74 Å². The zero-order valence-corrected chi connectivity index (χ0v) is 10.6. The van der Waals surface area contributed by atoms with Gasteiger partial charge in [0.25, 0.3) is 0 Å². The smallest absolute Gasteiger partial charge is 0.0900 e. The molecular formula is C12H25NO3. The maximum atomic E-state index is 10.0. The molecule has 0 aliphatic carbocycles. The van der Waals surface area contributed by atoms with Gasteiger partial charge in [-0.25, -0.2) is 0 Å². The molecule has 2 atom stereocenters. The van der Waals surface area contributed by atoms with Gasteiger partial charge in [0, 0.05) is 19.2 Å². The highest BCUT2D eigenvalue weighted by atomic mass is 16.5. The minimum atomic E-state index is -0.693. The first-order chi connectivity index (χ1) is 7.45. The maximum Gasteiger partial charge on any atom is 0.0900 e. The summed E-state index contributed by atoms with van der Waals surface area (Å²) in [5.41, 5.74) is -0.693. The van der Waals surface area contributed by atoms with E-state index in [0.717, 1.165) is 19.4 Å². The van der Waals surface area contributed by atoms with Crippen LogP contribution in [0.2, 0.25) is 0 Å². The Morgan fingerprint density at radius 3 is 2.75 bits per heavy atom. The lowest BCUT2D eigenvalue weighted by Crippen LogP contribution is -2.48. The highest BCUT2D eigenvalue weighted by Crippen LogP contribution is 2.26. The number of likely N-dealkylation sites (tertiary alicyclic amines) is 1. The van der Waals surface area contributed by atoms with Crippen LogP contribution in [0.5, 0.6) is 0 Å². The van der Waals surface area contributed by atoms with E-state index in [2.05, 4.69) is 4.90 Å². The van der Waals surface area contributed by atoms with E-state index in [1.807, 2.05) is 20.8 Å². The lowest BCUT2D eigenvalue weighted by molar-refractivity contribution is -0.0299. The van der Waals surface area contributed by atoms with Crippen molar-refractivity contribution in [1.29, 1.82) is 0 Å². The van der Waals surface area contributed by atoms with Crippen LogP contribution in [-0.2, 0) is 4.74 Å². The minimum absolute atomic E-state index is 0.156. The van der Waals surface area contributed by atoms with Crippen molar-refractivity contribution in [3.05, 3.63) is 0 Å². The average Bonchev–Trinajstić information content (AvgIpc) is 2.62. The van der Waals surface area contributed by atoms with Crippen molar-refractivity contribution in [2.24, 2.45) is 0 Å². The van der Waals surface area contributed by atoms with Crippen molar-refractivity contribution >= 4 is 0 Å². The molecule has 2 N–H and O–H groups in total. The molecule has 0 saturated carbocycles. The molecule has 0 aromatic heterocycles. The maximum absolute atomic E-state index is 10.0. The Kier molecular flexibility index (Phi) is 5.18. The number of aliphatic hydroxyl groups excluding tert-OH is 1. The predicted octanol–water partition coefficient (Wildman–Crippen LogP) is 0.619. The fourth-order valence-corrected chi connectivity index (χ4v) is 2.42. The van der Waals surface area contributed by atoms with Crippen LogP contribution >= 0.6 is 0 Å². The molecule has 0 unspecified atom stereocenters. The second-order valence-electron chi connectivity index (χ2n) is 5.12. The van der Waals surface area contributed by atoms with Gasteiger partial charge in [-0.15, -0.1) is 0 Å². The normalized spacial score (nSPS) is 24.9. The quantitative estimate of drug-likeness (QED) is 0.703. The third kappa shape index (κ3) is 4.01. The number of hydrogen-bond acceptors (Lipinski definition) is 4. The highest BCUT2D eigenvalue weighted by Gasteiger charge is 2.36. The number of aliphatic hydroxyl groups is 2. The number of β-amino-alcohol motifs (C(OH)–C–C–N with tert-alkyl or cyclic N) is 1. The largest absolute Gasteiger partial charge is 0.389 e. The van der Waals surface area contributed by atoms with Gasteiger partial charge in [-0.1, -0.05) is 0 Å². The molecule has 96 valence electrons. The van der Waals surface area contributed by atoms with E-state index in [-0.39, 0.29) is 6.04 Å². The van der Waals surface area contributed by atoms with Crippen LogP contribution in [0.1, 0.15) is 33.6 Å². The standard InChI is InChI=1S/C12H25NO3/c1-4-16-9-10(14)8-13-7-5-6-11(13)12(2,3)15/h10-11,14-15H,4-9H2,1-3H3/t10-,11+/m0/s1. The fraction of sp³-hybridized carbons (Fsp3) is 1.00. The topological polar surface area (TPSA) is 52.9 Å². The molecule has 1 fully saturated rings. The predicted molar refractivity (Wildman–Crippen MR) is 63.4 cm³/mol. The summed E-state index contributed by atoms with van der Waals surface area (Å²) in [5, 5.41) is 19.8. The van der Waals surface area contributed by atoms with E-state index in [1.54, 1.807) is 0 Å². The van der Waals surface area contributed by atoms with Crippen molar-refractivity contribution in [2.75, 3.05) is 26.3 Å². The molecular weight excluding hydrogens is 206 g/mol. The molecule has 1 rings (SSSR count). The second kappa shape index (κ2) is 5.96. The molecule has 1 aliphatic rings. The summed E-state index contributed by atoms with van der Waals surface area (Å²) >= 11 is 0. The minimum Gasteiger partial charge on any atom is -0.389 e. The van der Waals surface area contributed by atoms with Crippen molar-refractivity contribution < 1.29 is 14.9 Å². The monoisotopic (exact) mass is 231 g/mol. The Morgan fingerprint density at radius 1 is 1.50 bits per heavy atom. The van der Waals surface area contributed by atoms with Crippen LogP contribution < -0.4 is 0 Å². The van der Waals surface area contributed by atoms with Gasteiger partial charge in [0.1, 0.15) is 0 Å². The summed E-state index contributed by atoms with van der Waals surface area (Å²) in [4.78, 5) is 2.17. The van der Waals surface area contributed by atoms with Crippen LogP contribution in [0.25, 0.3) is 0 Å². The lowest BCUT2D eigenvalue weighted by Gasteiger charge is -2.34. The molecule has 4 heteroatoms. The summed E-state index contributed by atoms with van der Waals surface area (Å²) in [6.07, 6.45) is 1.64. The highest BCUT2D eigenvalue weighted by molar-refractivity contribution is 4.91. The van der Waals surface area contributed by atoms with Gasteiger partial charge >= 0.3 is 0 Å². The van der Waals surface area contributed by atoms with Crippen molar-refractivity contribution in [2.45, 2.75) is 51.4 Å². The Balaban J connectivity index is 2.40. The molecule has 1 saturated heterocycles. The van der Waals surface area contributed by atoms with E-state index >= 15 is 0 Å². The van der Waals surface area contributed by atoms with Gasteiger partial charge in [-0.05, 0) is 40.2 Å². The molecule has 16 heavy (non-hydrogen) atoms. The van der Waals surface area contributed by atoms with Gasteiger partial charge in [0.2, 0.25) is 0 Å². The molecule has 0 aromatic rings. The zero-order chi connectivity index (χ0) is 12.2. The molecule has 1 heterocycles. The van der Waals surface area contributed by atoms with Crippen molar-refractivity contribution in [3.63, 3.8) is 0 Å². The zero-order valence-electron chi connectivity index (χ0n) is 10.6. The summed E-state index contributed by atoms with van der Waals surface area (Å²) in [6.45, 7) is 8.15. The van der Waals surface area contributed by atoms with Gasteiger partial charge in [-0.3, -0.25) is 4.90 Å². The van der Waals surface area contributed by atoms with Crippen LogP contribution in [0, 0.1) is 0 Å². The molecule has 0 aromatic carbocycles. The fourth-order valence-electron chi connectivity index (χ4n) is 2.42. The SMILES string of the molecule is CCOC[C@@H](O)CN1CCC[C@@H]1C(C)(C)O. The van der Waals surface area contributed by atoms with Gasteiger partial charge in [0.15, 0.2) is 0 Å².